The smallest absolute Gasteiger partial charge is 0.335 e. The van der Waals surface area contributed by atoms with Gasteiger partial charge in [-0.25, -0.2) is 4.79 Å². The molecule has 202 valence electrons. The summed E-state index contributed by atoms with van der Waals surface area (Å²) in [6, 6.07) is 7.96. The number of aliphatic carboxylic acids is 1. The Morgan fingerprint density at radius 2 is 1.92 bits per heavy atom. The van der Waals surface area contributed by atoms with Crippen LogP contribution in [-0.4, -0.2) is 103 Å². The number of nitrogens with zero attached hydrogens (tertiary/aromatic N) is 2. The quantitative estimate of drug-likeness (QED) is 0.192. The summed E-state index contributed by atoms with van der Waals surface area (Å²) in [6.45, 7) is 6.07. The lowest BCUT2D eigenvalue weighted by Crippen LogP contribution is -2.54. The molecule has 2 bridgehead atoms. The number of carbonyl (C=O) groups excluding carboxylic acids is 1. The molecule has 4 heterocycles. The number of aliphatic hydroxyl groups is 5. The van der Waals surface area contributed by atoms with Gasteiger partial charge in [-0.1, -0.05) is 6.08 Å². The van der Waals surface area contributed by atoms with Crippen molar-refractivity contribution in [3.63, 3.8) is 0 Å². The van der Waals surface area contributed by atoms with Crippen molar-refractivity contribution in [2.24, 2.45) is 11.8 Å². The fourth-order valence-electron chi connectivity index (χ4n) is 5.06. The van der Waals surface area contributed by atoms with Crippen molar-refractivity contribution >= 4 is 23.2 Å². The first-order chi connectivity index (χ1) is 17.6. The van der Waals surface area contributed by atoms with Gasteiger partial charge in [-0.2, -0.15) is 0 Å². The highest BCUT2D eigenvalue weighted by atomic mass is 16.5. The summed E-state index contributed by atoms with van der Waals surface area (Å²) in [6.07, 6.45) is -2.77. The summed E-state index contributed by atoms with van der Waals surface area (Å²) in [7, 11) is 1.66. The molecule has 1 aromatic heterocycles. The number of methoxy groups -OCH3 is 1. The molecular weight excluding hydrogens is 484 g/mol. The highest BCUT2D eigenvalue weighted by Crippen LogP contribution is 2.42. The molecule has 3 fully saturated rings. The van der Waals surface area contributed by atoms with Crippen molar-refractivity contribution < 1.29 is 45.0 Å². The van der Waals surface area contributed by atoms with Crippen LogP contribution in [0.2, 0.25) is 0 Å². The number of carboxylic acids is 1. The second-order valence-corrected chi connectivity index (χ2v) is 9.37. The van der Waals surface area contributed by atoms with Crippen LogP contribution >= 0.6 is 0 Å². The Hall–Kier alpha value is -2.93. The zero-order chi connectivity index (χ0) is 27.3. The number of aromatic nitrogens is 1. The average molecular weight is 519 g/mol. The number of fused-ring (bicyclic) bond motifs is 4. The molecule has 0 spiro atoms. The summed E-state index contributed by atoms with van der Waals surface area (Å²) in [5, 5.41) is 55.3. The van der Waals surface area contributed by atoms with Crippen molar-refractivity contribution in [3.05, 3.63) is 48.7 Å². The minimum Gasteiger partial charge on any atom is -0.497 e. The largest absolute Gasteiger partial charge is 0.497 e. The molecule has 11 nitrogen and oxygen atoms in total. The third kappa shape index (κ3) is 6.32. The lowest BCUT2D eigenvalue weighted by atomic mass is 9.73. The van der Waals surface area contributed by atoms with Crippen molar-refractivity contribution in [2.45, 2.75) is 49.4 Å². The molecule has 2 aromatic rings. The van der Waals surface area contributed by atoms with Gasteiger partial charge in [-0.05, 0) is 61.1 Å². The molecule has 0 saturated carbocycles. The van der Waals surface area contributed by atoms with E-state index in [-0.39, 0.29) is 12.3 Å². The number of piperidine rings is 3. The fraction of sp³-hybridized carbons (Fsp3) is 0.500. The first kappa shape index (κ1) is 28.6. The molecule has 5 rings (SSSR count). The first-order valence-corrected chi connectivity index (χ1v) is 12.0. The SMILES string of the molecule is C=C[C@H]1CN2CC[C@H]1C[C@@H]2[C@@H](O)c1ccnc2ccc(OC)cc12.O=C[C@H](O)[C@@H](O)[C@H](O)[C@H](O)C(=O)O. The zero-order valence-electron chi connectivity index (χ0n) is 20.5. The van der Waals surface area contributed by atoms with Crippen LogP contribution in [0.1, 0.15) is 24.5 Å². The summed E-state index contributed by atoms with van der Waals surface area (Å²) in [5.41, 5.74) is 1.85. The van der Waals surface area contributed by atoms with E-state index in [1.54, 1.807) is 13.3 Å². The van der Waals surface area contributed by atoms with Gasteiger partial charge >= 0.3 is 5.97 Å². The van der Waals surface area contributed by atoms with Crippen molar-refractivity contribution in [1.82, 2.24) is 9.88 Å². The van der Waals surface area contributed by atoms with E-state index in [1.165, 1.54) is 6.42 Å². The van der Waals surface area contributed by atoms with E-state index >= 15 is 0 Å². The van der Waals surface area contributed by atoms with Crippen LogP contribution in [0.3, 0.4) is 0 Å². The molecule has 0 aliphatic carbocycles. The van der Waals surface area contributed by atoms with Gasteiger partial charge in [0.1, 0.15) is 24.1 Å². The van der Waals surface area contributed by atoms with E-state index in [0.29, 0.717) is 11.8 Å². The van der Waals surface area contributed by atoms with Crippen LogP contribution in [0, 0.1) is 11.8 Å². The Morgan fingerprint density at radius 3 is 2.49 bits per heavy atom. The molecule has 3 aliphatic heterocycles. The Bertz CT molecular complexity index is 1100. The third-order valence-electron chi connectivity index (χ3n) is 7.24. The third-order valence-corrected chi connectivity index (χ3v) is 7.24. The van der Waals surface area contributed by atoms with E-state index in [9.17, 15) is 14.7 Å². The minimum absolute atomic E-state index is 0.0809. The molecule has 3 aliphatic rings. The van der Waals surface area contributed by atoms with Crippen LogP contribution in [-0.2, 0) is 9.59 Å². The number of aliphatic hydroxyl groups excluding tert-OH is 5. The van der Waals surface area contributed by atoms with Crippen LogP contribution in [0.5, 0.6) is 5.75 Å². The first-order valence-electron chi connectivity index (χ1n) is 12.0. The number of hydrogen-bond donors (Lipinski definition) is 6. The molecule has 1 unspecified atom stereocenters. The van der Waals surface area contributed by atoms with Gasteiger partial charge in [0.2, 0.25) is 0 Å². The number of ether oxygens (including phenoxy) is 1. The molecule has 37 heavy (non-hydrogen) atoms. The Kier molecular flexibility index (Phi) is 9.71. The van der Waals surface area contributed by atoms with Crippen LogP contribution in [0.15, 0.2) is 43.1 Å². The molecule has 11 heteroatoms. The van der Waals surface area contributed by atoms with E-state index in [4.69, 9.17) is 30.3 Å². The Morgan fingerprint density at radius 1 is 1.19 bits per heavy atom. The maximum atomic E-state index is 11.2. The maximum Gasteiger partial charge on any atom is 0.335 e. The highest BCUT2D eigenvalue weighted by Gasteiger charge is 2.42. The Balaban J connectivity index is 0.000000251. The van der Waals surface area contributed by atoms with Crippen molar-refractivity contribution in [3.8, 4) is 5.75 Å². The molecule has 0 amide bonds. The summed E-state index contributed by atoms with van der Waals surface area (Å²) >= 11 is 0. The predicted octanol–water partition coefficient (Wildman–Crippen LogP) is -0.113. The number of carboxylic acid groups (broad SMARTS) is 1. The van der Waals surface area contributed by atoms with Crippen LogP contribution in [0.4, 0.5) is 0 Å². The average Bonchev–Trinajstić information content (AvgIpc) is 2.94. The zero-order valence-corrected chi connectivity index (χ0v) is 20.5. The number of carbonyl (C=O) groups is 2. The molecule has 1 aromatic carbocycles. The number of rotatable bonds is 9. The maximum absolute atomic E-state index is 11.2. The van der Waals surface area contributed by atoms with Crippen LogP contribution in [0.25, 0.3) is 10.9 Å². The second kappa shape index (κ2) is 12.5. The topological polar surface area (TPSA) is 181 Å². The van der Waals surface area contributed by atoms with Gasteiger partial charge in [0.25, 0.3) is 0 Å². The number of hydrogen-bond acceptors (Lipinski definition) is 10. The van der Waals surface area contributed by atoms with Gasteiger partial charge in [0.15, 0.2) is 12.4 Å². The normalized spacial score (nSPS) is 26.6. The number of benzene rings is 1. The molecule has 0 radical (unpaired) electrons. The second-order valence-electron chi connectivity index (χ2n) is 9.37. The molecule has 3 saturated heterocycles. The molecular formula is C26H34N2O9. The lowest BCUT2D eigenvalue weighted by molar-refractivity contribution is -0.163. The predicted molar refractivity (Wildman–Crippen MR) is 133 cm³/mol. The lowest BCUT2D eigenvalue weighted by Gasteiger charge is -2.50. The van der Waals surface area contributed by atoms with E-state index < -0.39 is 36.5 Å². The number of aldehydes is 1. The van der Waals surface area contributed by atoms with Gasteiger partial charge in [-0.3, -0.25) is 9.88 Å². The van der Waals surface area contributed by atoms with E-state index in [2.05, 4.69) is 22.5 Å². The van der Waals surface area contributed by atoms with Gasteiger partial charge in [-0.15, -0.1) is 6.58 Å². The monoisotopic (exact) mass is 518 g/mol. The van der Waals surface area contributed by atoms with E-state index in [0.717, 1.165) is 41.7 Å². The fourth-order valence-corrected chi connectivity index (χ4v) is 5.06. The Labute approximate surface area is 214 Å². The van der Waals surface area contributed by atoms with Gasteiger partial charge < -0.3 is 40.2 Å². The molecule has 6 N–H and O–H groups in total. The minimum atomic E-state index is -2.25. The summed E-state index contributed by atoms with van der Waals surface area (Å²) < 4.78 is 5.35. The highest BCUT2D eigenvalue weighted by molar-refractivity contribution is 5.84. The van der Waals surface area contributed by atoms with E-state index in [1.807, 2.05) is 24.3 Å². The standard InChI is InChI=1S/C20H24N2O2.C6H10O7/c1-3-13-12-22-9-7-14(13)10-19(22)20(23)16-6-8-21-18-5-4-15(24-2)11-17(16)18;7-1-2(8)3(9)4(10)5(11)6(12)13/h3-6,8,11,13-14,19-20,23H,1,7,9-10,12H2,2H3;1-5,8-11H,(H,12,13)/t13-,14-,19+,20-;2-,3+,4-,5-/m00/s1. The van der Waals surface area contributed by atoms with Crippen LogP contribution < -0.4 is 4.74 Å². The summed E-state index contributed by atoms with van der Waals surface area (Å²) in [4.78, 5) is 26.8. The summed E-state index contributed by atoms with van der Waals surface area (Å²) in [5.74, 6) is 0.247. The number of pyridine rings is 1. The molecule has 9 atom stereocenters. The van der Waals surface area contributed by atoms with Crippen molar-refractivity contribution in [2.75, 3.05) is 20.2 Å². The van der Waals surface area contributed by atoms with Gasteiger partial charge in [0.05, 0.1) is 18.7 Å². The van der Waals surface area contributed by atoms with Gasteiger partial charge in [0, 0.05) is 24.2 Å². The van der Waals surface area contributed by atoms with Crippen molar-refractivity contribution in [1.29, 1.82) is 0 Å².